The van der Waals surface area contributed by atoms with E-state index in [1.165, 1.54) is 141 Å². The number of hydrogen-bond acceptors (Lipinski definition) is 6. The molecule has 4 aliphatic rings. The van der Waals surface area contributed by atoms with Crippen LogP contribution in [-0.4, -0.2) is 60.9 Å². The number of esters is 2. The zero-order valence-electron chi connectivity index (χ0n) is 44.6. The summed E-state index contributed by atoms with van der Waals surface area (Å²) in [6.45, 7) is 18.9. The van der Waals surface area contributed by atoms with Gasteiger partial charge in [0.1, 0.15) is 6.10 Å². The maximum atomic E-state index is 13.1. The molecule has 8 atom stereocenters. The third kappa shape index (κ3) is 19.8. The van der Waals surface area contributed by atoms with Crippen molar-refractivity contribution in [1.82, 2.24) is 4.90 Å². The Balaban J connectivity index is 1.02. The standard InChI is InChI=1S/C60H109NO5/c1-7-8-9-10-11-12-13-14-15-16-17-18-21-29-47-65-57(63)33-23-19-20-25-43-61(45-27-28-46-62)44-26-22-24-34-58(64)66-52-39-41-59(5)51(48-52)35-36-53-55-38-37-54(50(4)32-30-31-49(2)3)60(55,6)42-40-56(53)59/h35,49-50,52-56,62H,7-34,36-48H2,1-6H3. The van der Waals surface area contributed by atoms with Crippen molar-refractivity contribution in [2.75, 3.05) is 32.8 Å². The summed E-state index contributed by atoms with van der Waals surface area (Å²) in [7, 11) is 0. The Kier molecular flexibility index (Phi) is 28.1. The summed E-state index contributed by atoms with van der Waals surface area (Å²) in [4.78, 5) is 28.0. The van der Waals surface area contributed by atoms with Gasteiger partial charge in [-0.3, -0.25) is 9.59 Å². The minimum absolute atomic E-state index is 0.00401. The SMILES string of the molecule is CCCCCCCCCCCCCCCCOC(=O)CCCCCCN(CCCCO)CCCCCC(=O)OC1CCC2(C)C(=CCC3C2CCC2(C)C(C(C)CCCC(C)C)CCC32)C1. The lowest BCUT2D eigenvalue weighted by Crippen LogP contribution is -2.51. The van der Waals surface area contributed by atoms with Crippen LogP contribution in [0, 0.1) is 46.3 Å². The Morgan fingerprint density at radius 1 is 0.652 bits per heavy atom. The molecule has 4 rings (SSSR count). The highest BCUT2D eigenvalue weighted by Crippen LogP contribution is 2.67. The van der Waals surface area contributed by atoms with Gasteiger partial charge in [-0.25, -0.2) is 0 Å². The predicted octanol–water partition coefficient (Wildman–Crippen LogP) is 16.5. The molecular formula is C60H109NO5. The first-order chi connectivity index (χ1) is 32.0. The summed E-state index contributed by atoms with van der Waals surface area (Å²) < 4.78 is 11.7. The number of aliphatic hydroxyl groups excluding tert-OH is 1. The van der Waals surface area contributed by atoms with Crippen molar-refractivity contribution in [2.24, 2.45) is 46.3 Å². The van der Waals surface area contributed by atoms with Crippen LogP contribution in [0.4, 0.5) is 0 Å². The van der Waals surface area contributed by atoms with E-state index in [1.54, 1.807) is 5.57 Å². The first kappa shape index (κ1) is 57.2. The molecule has 384 valence electrons. The number of aliphatic hydroxyl groups is 1. The third-order valence-electron chi connectivity index (χ3n) is 18.2. The molecule has 0 saturated heterocycles. The maximum Gasteiger partial charge on any atom is 0.306 e. The van der Waals surface area contributed by atoms with Gasteiger partial charge >= 0.3 is 11.9 Å². The monoisotopic (exact) mass is 924 g/mol. The Hall–Kier alpha value is -1.40. The lowest BCUT2D eigenvalue weighted by molar-refractivity contribution is -0.151. The van der Waals surface area contributed by atoms with Crippen molar-refractivity contribution in [1.29, 1.82) is 0 Å². The molecule has 0 amide bonds. The van der Waals surface area contributed by atoms with Crippen LogP contribution in [0.25, 0.3) is 0 Å². The van der Waals surface area contributed by atoms with Crippen LogP contribution >= 0.6 is 0 Å². The molecule has 0 heterocycles. The summed E-state index contributed by atoms with van der Waals surface area (Å²) >= 11 is 0. The largest absolute Gasteiger partial charge is 0.466 e. The van der Waals surface area contributed by atoms with E-state index in [-0.39, 0.29) is 30.1 Å². The van der Waals surface area contributed by atoms with E-state index in [9.17, 15) is 14.7 Å². The number of ether oxygens (including phenoxy) is 2. The smallest absolute Gasteiger partial charge is 0.306 e. The van der Waals surface area contributed by atoms with Gasteiger partial charge in [0.05, 0.1) is 6.61 Å². The number of hydrogen-bond donors (Lipinski definition) is 1. The van der Waals surface area contributed by atoms with E-state index in [1.807, 2.05) is 0 Å². The van der Waals surface area contributed by atoms with E-state index in [0.717, 1.165) is 132 Å². The van der Waals surface area contributed by atoms with E-state index < -0.39 is 0 Å². The van der Waals surface area contributed by atoms with Gasteiger partial charge in [0.15, 0.2) is 0 Å². The molecule has 0 aliphatic heterocycles. The minimum Gasteiger partial charge on any atom is -0.466 e. The second-order valence-corrected chi connectivity index (χ2v) is 23.7. The zero-order valence-corrected chi connectivity index (χ0v) is 44.6. The van der Waals surface area contributed by atoms with E-state index in [2.05, 4.69) is 52.5 Å². The fraction of sp³-hybridized carbons (Fsp3) is 0.933. The topological polar surface area (TPSA) is 76.1 Å². The molecule has 0 aromatic heterocycles. The third-order valence-corrected chi connectivity index (χ3v) is 18.2. The number of allylic oxidation sites excluding steroid dienone is 1. The maximum absolute atomic E-state index is 13.1. The van der Waals surface area contributed by atoms with Crippen LogP contribution in [0.5, 0.6) is 0 Å². The molecule has 6 heteroatoms. The number of unbranched alkanes of at least 4 members (excludes halogenated alkanes) is 19. The van der Waals surface area contributed by atoms with E-state index in [4.69, 9.17) is 9.47 Å². The van der Waals surface area contributed by atoms with Crippen molar-refractivity contribution >= 4 is 11.9 Å². The Morgan fingerprint density at radius 3 is 1.86 bits per heavy atom. The van der Waals surface area contributed by atoms with Gasteiger partial charge in [0.2, 0.25) is 0 Å². The van der Waals surface area contributed by atoms with Crippen molar-refractivity contribution in [3.05, 3.63) is 11.6 Å². The Labute approximate surface area is 409 Å². The number of nitrogens with zero attached hydrogens (tertiary/aromatic N) is 1. The fourth-order valence-corrected chi connectivity index (χ4v) is 14.1. The molecule has 1 N–H and O–H groups in total. The summed E-state index contributed by atoms with van der Waals surface area (Å²) in [5, 5.41) is 9.38. The van der Waals surface area contributed by atoms with Crippen LogP contribution < -0.4 is 0 Å². The highest BCUT2D eigenvalue weighted by atomic mass is 16.5. The van der Waals surface area contributed by atoms with Crippen molar-refractivity contribution < 1.29 is 24.2 Å². The van der Waals surface area contributed by atoms with Gasteiger partial charge in [-0.2, -0.15) is 0 Å². The van der Waals surface area contributed by atoms with Crippen molar-refractivity contribution in [2.45, 2.75) is 279 Å². The molecule has 8 unspecified atom stereocenters. The fourth-order valence-electron chi connectivity index (χ4n) is 14.1. The van der Waals surface area contributed by atoms with Gasteiger partial charge in [0, 0.05) is 25.9 Å². The highest BCUT2D eigenvalue weighted by molar-refractivity contribution is 5.69. The quantitative estimate of drug-likeness (QED) is 0.0378. The van der Waals surface area contributed by atoms with Crippen molar-refractivity contribution in [3.63, 3.8) is 0 Å². The molecule has 0 aromatic rings. The van der Waals surface area contributed by atoms with Gasteiger partial charge in [-0.15, -0.1) is 0 Å². The zero-order chi connectivity index (χ0) is 47.5. The van der Waals surface area contributed by atoms with Crippen molar-refractivity contribution in [3.8, 4) is 0 Å². The van der Waals surface area contributed by atoms with Gasteiger partial charge < -0.3 is 19.5 Å². The molecule has 0 aromatic carbocycles. The van der Waals surface area contributed by atoms with Crippen LogP contribution in [0.2, 0.25) is 0 Å². The number of carbonyl (C=O) groups excluding carboxylic acids is 2. The Bertz CT molecular complexity index is 1330. The first-order valence-electron chi connectivity index (χ1n) is 29.4. The summed E-state index contributed by atoms with van der Waals surface area (Å²) in [5.74, 6) is 5.08. The average molecular weight is 925 g/mol. The molecule has 0 spiro atoms. The molecular weight excluding hydrogens is 815 g/mol. The molecule has 6 nitrogen and oxygen atoms in total. The summed E-state index contributed by atoms with van der Waals surface area (Å²) in [6, 6.07) is 0. The second-order valence-electron chi connectivity index (χ2n) is 23.7. The second kappa shape index (κ2) is 32.5. The molecule has 0 bridgehead atoms. The lowest BCUT2D eigenvalue weighted by atomic mass is 9.47. The van der Waals surface area contributed by atoms with Gasteiger partial charge in [0.25, 0.3) is 0 Å². The average Bonchev–Trinajstić information content (AvgIpc) is 3.65. The van der Waals surface area contributed by atoms with Gasteiger partial charge in [-0.05, 0) is 156 Å². The first-order valence-corrected chi connectivity index (χ1v) is 29.4. The Morgan fingerprint density at radius 2 is 1.23 bits per heavy atom. The summed E-state index contributed by atoms with van der Waals surface area (Å²) in [5.41, 5.74) is 2.42. The van der Waals surface area contributed by atoms with Crippen LogP contribution in [-0.2, 0) is 19.1 Å². The normalized spacial score (nSPS) is 26.5. The van der Waals surface area contributed by atoms with Gasteiger partial charge in [-0.1, -0.05) is 175 Å². The minimum atomic E-state index is -0.0261. The number of rotatable bonds is 38. The van der Waals surface area contributed by atoms with Crippen LogP contribution in [0.3, 0.4) is 0 Å². The molecule has 3 saturated carbocycles. The predicted molar refractivity (Wildman–Crippen MR) is 279 cm³/mol. The molecule has 3 fully saturated rings. The van der Waals surface area contributed by atoms with E-state index in [0.29, 0.717) is 24.9 Å². The molecule has 66 heavy (non-hydrogen) atoms. The van der Waals surface area contributed by atoms with Crippen LogP contribution in [0.1, 0.15) is 273 Å². The lowest BCUT2D eigenvalue weighted by Gasteiger charge is -2.58. The molecule has 4 aliphatic carbocycles. The summed E-state index contributed by atoms with van der Waals surface area (Å²) in [6.07, 6.45) is 45.9. The number of carbonyl (C=O) groups is 2. The van der Waals surface area contributed by atoms with E-state index >= 15 is 0 Å². The van der Waals surface area contributed by atoms with Crippen LogP contribution in [0.15, 0.2) is 11.6 Å². The number of fused-ring (bicyclic) bond motifs is 5. The highest BCUT2D eigenvalue weighted by Gasteiger charge is 2.59. The molecule has 0 radical (unpaired) electrons.